The van der Waals surface area contributed by atoms with Crippen LogP contribution in [0.2, 0.25) is 0 Å². The van der Waals surface area contributed by atoms with Gasteiger partial charge in [-0.2, -0.15) is 0 Å². The fraction of sp³-hybridized carbons (Fsp3) is 0.435. The summed E-state index contributed by atoms with van der Waals surface area (Å²) >= 11 is 0. The van der Waals surface area contributed by atoms with E-state index in [1.54, 1.807) is 4.90 Å². The van der Waals surface area contributed by atoms with Crippen molar-refractivity contribution >= 4 is 17.7 Å². The molecule has 0 bridgehead atoms. The fourth-order valence-corrected chi connectivity index (χ4v) is 4.04. The fourth-order valence-electron chi connectivity index (χ4n) is 4.04. The van der Waals surface area contributed by atoms with Gasteiger partial charge in [-0.05, 0) is 12.0 Å². The van der Waals surface area contributed by atoms with E-state index in [9.17, 15) is 24.0 Å². The molecule has 3 rings (SSSR count). The maximum atomic E-state index is 13.2. The van der Waals surface area contributed by atoms with Gasteiger partial charge in [0.05, 0.1) is 12.5 Å². The Bertz CT molecular complexity index is 1150. The van der Waals surface area contributed by atoms with E-state index in [1.165, 1.54) is 25.9 Å². The zero-order valence-electron chi connectivity index (χ0n) is 19.1. The monoisotopic (exact) mass is 455 g/mol. The second-order valence-electron chi connectivity index (χ2n) is 8.11. The molecule has 0 saturated carbocycles. The van der Waals surface area contributed by atoms with Crippen LogP contribution in [0.5, 0.6) is 0 Å². The first-order valence-corrected chi connectivity index (χ1v) is 10.9. The van der Waals surface area contributed by atoms with Gasteiger partial charge < -0.3 is 15.1 Å². The molecular formula is C23H29N5O5. The molecule has 1 aliphatic rings. The Kier molecular flexibility index (Phi) is 7.47. The topological polar surface area (TPSA) is 114 Å². The highest BCUT2D eigenvalue weighted by molar-refractivity contribution is 5.92. The molecule has 33 heavy (non-hydrogen) atoms. The van der Waals surface area contributed by atoms with Gasteiger partial charge in [0.2, 0.25) is 11.8 Å². The maximum absolute atomic E-state index is 13.2. The lowest BCUT2D eigenvalue weighted by Gasteiger charge is -2.31. The van der Waals surface area contributed by atoms with Gasteiger partial charge in [0, 0.05) is 53.3 Å². The minimum atomic E-state index is -0.592. The Hall–Kier alpha value is -3.69. The summed E-state index contributed by atoms with van der Waals surface area (Å²) in [6, 6.07) is 10.1. The van der Waals surface area contributed by atoms with Crippen molar-refractivity contribution in [2.24, 2.45) is 14.1 Å². The van der Waals surface area contributed by atoms with Crippen molar-refractivity contribution < 1.29 is 14.4 Å². The molecule has 0 aliphatic carbocycles. The molecule has 1 fully saturated rings. The molecule has 1 saturated heterocycles. The molecule has 176 valence electrons. The van der Waals surface area contributed by atoms with E-state index >= 15 is 0 Å². The number of nitrogens with zero attached hydrogens (tertiary/aromatic N) is 4. The van der Waals surface area contributed by atoms with E-state index in [4.69, 9.17) is 0 Å². The number of hydrogen-bond acceptors (Lipinski definition) is 5. The summed E-state index contributed by atoms with van der Waals surface area (Å²) in [6.07, 6.45) is 0.586. The summed E-state index contributed by atoms with van der Waals surface area (Å²) in [6.45, 7) is 2.53. The number of carbonyl (C=O) groups excluding carboxylic acids is 3. The second kappa shape index (κ2) is 10.3. The van der Waals surface area contributed by atoms with Gasteiger partial charge in [-0.3, -0.25) is 28.3 Å². The van der Waals surface area contributed by atoms with Crippen LogP contribution in [0, 0.1) is 0 Å². The van der Waals surface area contributed by atoms with Crippen LogP contribution in [-0.2, 0) is 23.7 Å². The van der Waals surface area contributed by atoms with Crippen LogP contribution in [-0.4, -0.2) is 62.8 Å². The van der Waals surface area contributed by atoms with E-state index < -0.39 is 23.2 Å². The third kappa shape index (κ3) is 5.39. The number of rotatable bonds is 2. The summed E-state index contributed by atoms with van der Waals surface area (Å²) in [5, 5.41) is 2.82. The van der Waals surface area contributed by atoms with Gasteiger partial charge >= 0.3 is 5.69 Å². The molecule has 1 aromatic heterocycles. The quantitative estimate of drug-likeness (QED) is 0.686. The van der Waals surface area contributed by atoms with Crippen molar-refractivity contribution in [3.8, 4) is 0 Å². The molecule has 2 aromatic rings. The molecule has 0 radical (unpaired) electrons. The predicted octanol–water partition coefficient (Wildman–Crippen LogP) is 0.0260. The highest BCUT2D eigenvalue weighted by Crippen LogP contribution is 2.25. The lowest BCUT2D eigenvalue weighted by molar-refractivity contribution is -0.132. The van der Waals surface area contributed by atoms with E-state index in [-0.39, 0.29) is 37.0 Å². The zero-order valence-corrected chi connectivity index (χ0v) is 19.1. The Balaban J connectivity index is 1.88. The molecule has 1 atom stereocenters. The Morgan fingerprint density at radius 2 is 1.67 bits per heavy atom. The van der Waals surface area contributed by atoms with E-state index in [1.807, 2.05) is 30.3 Å². The average Bonchev–Trinajstić information content (AvgIpc) is 2.83. The molecule has 1 unspecified atom stereocenters. The van der Waals surface area contributed by atoms with Crippen LogP contribution in [0.25, 0.3) is 0 Å². The van der Waals surface area contributed by atoms with Crippen molar-refractivity contribution in [3.05, 3.63) is 68.5 Å². The Morgan fingerprint density at radius 1 is 0.970 bits per heavy atom. The molecule has 2 heterocycles. The van der Waals surface area contributed by atoms with Crippen LogP contribution in [0.1, 0.15) is 41.9 Å². The molecule has 10 nitrogen and oxygen atoms in total. The number of nitrogens with one attached hydrogen (secondary N) is 1. The first kappa shape index (κ1) is 24.0. The van der Waals surface area contributed by atoms with Crippen molar-refractivity contribution in [1.29, 1.82) is 0 Å². The minimum Gasteiger partial charge on any atom is -0.354 e. The summed E-state index contributed by atoms with van der Waals surface area (Å²) in [5.74, 6) is -0.872. The van der Waals surface area contributed by atoms with E-state index in [0.717, 1.165) is 20.8 Å². The predicted molar refractivity (Wildman–Crippen MR) is 122 cm³/mol. The van der Waals surface area contributed by atoms with Gasteiger partial charge in [-0.25, -0.2) is 4.79 Å². The maximum Gasteiger partial charge on any atom is 0.331 e. The van der Waals surface area contributed by atoms with Crippen LogP contribution in [0.3, 0.4) is 0 Å². The smallest absolute Gasteiger partial charge is 0.331 e. The molecule has 3 amide bonds. The third-order valence-corrected chi connectivity index (χ3v) is 5.91. The van der Waals surface area contributed by atoms with Crippen molar-refractivity contribution in [2.45, 2.75) is 25.8 Å². The lowest BCUT2D eigenvalue weighted by atomic mass is 10.0. The normalized spacial score (nSPS) is 17.8. The van der Waals surface area contributed by atoms with Crippen LogP contribution < -0.4 is 16.6 Å². The van der Waals surface area contributed by atoms with Crippen LogP contribution in [0.4, 0.5) is 0 Å². The molecule has 10 heteroatoms. The molecule has 1 aromatic carbocycles. The van der Waals surface area contributed by atoms with Crippen LogP contribution >= 0.6 is 0 Å². The van der Waals surface area contributed by atoms with Gasteiger partial charge in [0.25, 0.3) is 11.5 Å². The van der Waals surface area contributed by atoms with Crippen LogP contribution in [0.15, 0.2) is 46.0 Å². The van der Waals surface area contributed by atoms with E-state index in [0.29, 0.717) is 19.5 Å². The Morgan fingerprint density at radius 3 is 2.33 bits per heavy atom. The molecule has 0 spiro atoms. The van der Waals surface area contributed by atoms with Gasteiger partial charge in [0.1, 0.15) is 5.69 Å². The first-order chi connectivity index (χ1) is 15.7. The van der Waals surface area contributed by atoms with Gasteiger partial charge in [-0.15, -0.1) is 0 Å². The zero-order chi connectivity index (χ0) is 24.1. The summed E-state index contributed by atoms with van der Waals surface area (Å²) in [7, 11) is 2.78. The highest BCUT2D eigenvalue weighted by Gasteiger charge is 2.27. The molecule has 1 aliphatic heterocycles. The second-order valence-corrected chi connectivity index (χ2v) is 8.11. The Labute approximate surface area is 191 Å². The SMILES string of the molecule is CC(=O)N1CCCN(C(=O)c2cc(=O)n(C)c(=O)n2C)CCNC(=O)CC1c1ccccc1. The average molecular weight is 456 g/mol. The molecular weight excluding hydrogens is 426 g/mol. The number of amides is 3. The van der Waals surface area contributed by atoms with E-state index in [2.05, 4.69) is 5.32 Å². The highest BCUT2D eigenvalue weighted by atomic mass is 16.2. The first-order valence-electron chi connectivity index (χ1n) is 10.9. The number of benzene rings is 1. The van der Waals surface area contributed by atoms with Crippen molar-refractivity contribution in [2.75, 3.05) is 26.2 Å². The number of hydrogen-bond donors (Lipinski definition) is 1. The lowest BCUT2D eigenvalue weighted by Crippen LogP contribution is -2.44. The summed E-state index contributed by atoms with van der Waals surface area (Å²) in [5.41, 5.74) is -0.313. The number of aromatic nitrogens is 2. The summed E-state index contributed by atoms with van der Waals surface area (Å²) in [4.78, 5) is 65.8. The molecule has 1 N–H and O–H groups in total. The minimum absolute atomic E-state index is 0.0186. The van der Waals surface area contributed by atoms with Crippen molar-refractivity contribution in [1.82, 2.24) is 24.3 Å². The third-order valence-electron chi connectivity index (χ3n) is 5.91. The summed E-state index contributed by atoms with van der Waals surface area (Å²) < 4.78 is 2.07. The van der Waals surface area contributed by atoms with Crippen molar-refractivity contribution in [3.63, 3.8) is 0 Å². The van der Waals surface area contributed by atoms with Gasteiger partial charge in [0.15, 0.2) is 0 Å². The van der Waals surface area contributed by atoms with Gasteiger partial charge in [-0.1, -0.05) is 30.3 Å². The largest absolute Gasteiger partial charge is 0.354 e. The number of carbonyl (C=O) groups is 3. The standard InChI is InChI=1S/C23H29N5O5/c1-16(29)28-12-7-11-27(22(32)19-15-21(31)26(3)23(33)25(19)2)13-10-24-20(30)14-18(28)17-8-5-4-6-9-17/h4-6,8-9,15,18H,7,10-14H2,1-3H3,(H,24,30).